The Bertz CT molecular complexity index is 780. The average molecular weight is 337 g/mol. The second-order valence-electron chi connectivity index (χ2n) is 4.39. The minimum absolute atomic E-state index is 0.666. The van der Waals surface area contributed by atoms with Crippen LogP contribution in [0.2, 0.25) is 5.02 Å². The molecule has 1 heterocycles. The van der Waals surface area contributed by atoms with Crippen molar-refractivity contribution >= 4 is 44.3 Å². The van der Waals surface area contributed by atoms with E-state index in [2.05, 4.69) is 25.9 Å². The largest absolute Gasteiger partial charge is 0.398 e. The molecule has 0 saturated carbocycles. The maximum atomic E-state index is 6.04. The van der Waals surface area contributed by atoms with Crippen LogP contribution in [0.3, 0.4) is 0 Å². The van der Waals surface area contributed by atoms with Gasteiger partial charge in [-0.15, -0.1) is 0 Å². The SMILES string of the molecule is Cc1c(N)cccc1-c1nc2c(Br)cc(Cl)cc2[nH]1. The van der Waals surface area contributed by atoms with Crippen molar-refractivity contribution in [2.45, 2.75) is 6.92 Å². The van der Waals surface area contributed by atoms with Crippen LogP contribution in [0.4, 0.5) is 5.69 Å². The summed E-state index contributed by atoms with van der Waals surface area (Å²) in [5.41, 5.74) is 10.5. The van der Waals surface area contributed by atoms with Gasteiger partial charge in [-0.05, 0) is 46.6 Å². The van der Waals surface area contributed by atoms with Crippen molar-refractivity contribution in [3.8, 4) is 11.4 Å². The summed E-state index contributed by atoms with van der Waals surface area (Å²) in [4.78, 5) is 7.89. The van der Waals surface area contributed by atoms with Crippen LogP contribution < -0.4 is 5.73 Å². The first kappa shape index (κ1) is 12.5. The summed E-state index contributed by atoms with van der Waals surface area (Å²) < 4.78 is 0.874. The van der Waals surface area contributed by atoms with Crippen molar-refractivity contribution in [1.29, 1.82) is 0 Å². The fourth-order valence-electron chi connectivity index (χ4n) is 2.08. The summed E-state index contributed by atoms with van der Waals surface area (Å²) in [6.45, 7) is 1.99. The van der Waals surface area contributed by atoms with Gasteiger partial charge in [-0.3, -0.25) is 0 Å². The first-order valence-corrected chi connectivity index (χ1v) is 6.93. The number of aromatic amines is 1. The van der Waals surface area contributed by atoms with Crippen molar-refractivity contribution in [2.75, 3.05) is 5.73 Å². The van der Waals surface area contributed by atoms with E-state index >= 15 is 0 Å². The van der Waals surface area contributed by atoms with Crippen LogP contribution in [0, 0.1) is 6.92 Å². The second kappa shape index (κ2) is 4.54. The quantitative estimate of drug-likeness (QED) is 0.641. The smallest absolute Gasteiger partial charge is 0.138 e. The monoisotopic (exact) mass is 335 g/mol. The molecule has 5 heteroatoms. The van der Waals surface area contributed by atoms with Gasteiger partial charge in [-0.2, -0.15) is 0 Å². The number of nitrogens with zero attached hydrogens (tertiary/aromatic N) is 1. The van der Waals surface area contributed by atoms with Crippen molar-refractivity contribution in [3.05, 3.63) is 45.4 Å². The highest BCUT2D eigenvalue weighted by Crippen LogP contribution is 2.31. The Hall–Kier alpha value is -1.52. The van der Waals surface area contributed by atoms with Crippen molar-refractivity contribution in [2.24, 2.45) is 0 Å². The molecule has 3 aromatic rings. The van der Waals surface area contributed by atoms with Crippen LogP contribution in [-0.4, -0.2) is 9.97 Å². The molecule has 0 atom stereocenters. The summed E-state index contributed by atoms with van der Waals surface area (Å²) >= 11 is 9.51. The minimum Gasteiger partial charge on any atom is -0.398 e. The highest BCUT2D eigenvalue weighted by Gasteiger charge is 2.11. The molecular formula is C14H11BrClN3. The van der Waals surface area contributed by atoms with Crippen LogP contribution in [0.15, 0.2) is 34.8 Å². The van der Waals surface area contributed by atoms with Crippen molar-refractivity contribution in [3.63, 3.8) is 0 Å². The Labute approximate surface area is 123 Å². The van der Waals surface area contributed by atoms with Gasteiger partial charge in [0, 0.05) is 20.7 Å². The number of nitrogen functional groups attached to an aromatic ring is 1. The Balaban J connectivity index is 2.26. The molecule has 2 aromatic carbocycles. The van der Waals surface area contributed by atoms with E-state index in [1.807, 2.05) is 37.3 Å². The van der Waals surface area contributed by atoms with Gasteiger partial charge in [0.1, 0.15) is 11.3 Å². The van der Waals surface area contributed by atoms with Crippen LogP contribution in [-0.2, 0) is 0 Å². The van der Waals surface area contributed by atoms with Gasteiger partial charge in [-0.25, -0.2) is 4.98 Å². The lowest BCUT2D eigenvalue weighted by molar-refractivity contribution is 1.31. The molecule has 0 aliphatic carbocycles. The van der Waals surface area contributed by atoms with Gasteiger partial charge in [0.05, 0.1) is 5.52 Å². The van der Waals surface area contributed by atoms with Gasteiger partial charge in [0.2, 0.25) is 0 Å². The second-order valence-corrected chi connectivity index (χ2v) is 5.68. The number of imidazole rings is 1. The van der Waals surface area contributed by atoms with Crippen molar-refractivity contribution < 1.29 is 0 Å². The molecule has 3 nitrogen and oxygen atoms in total. The summed E-state index contributed by atoms with van der Waals surface area (Å²) in [5, 5.41) is 0.666. The molecule has 0 amide bonds. The number of anilines is 1. The Morgan fingerprint density at radius 3 is 2.89 bits per heavy atom. The average Bonchev–Trinajstić information content (AvgIpc) is 2.76. The fraction of sp³-hybridized carbons (Fsp3) is 0.0714. The first-order chi connectivity index (χ1) is 9.06. The molecule has 0 unspecified atom stereocenters. The zero-order valence-electron chi connectivity index (χ0n) is 10.2. The lowest BCUT2D eigenvalue weighted by Gasteiger charge is -2.04. The predicted molar refractivity (Wildman–Crippen MR) is 83.4 cm³/mol. The van der Waals surface area contributed by atoms with E-state index in [9.17, 15) is 0 Å². The van der Waals surface area contributed by atoms with Crippen LogP contribution >= 0.6 is 27.5 Å². The summed E-state index contributed by atoms with van der Waals surface area (Å²) in [6, 6.07) is 9.50. The zero-order chi connectivity index (χ0) is 13.6. The molecule has 0 saturated heterocycles. The maximum Gasteiger partial charge on any atom is 0.138 e. The number of hydrogen-bond donors (Lipinski definition) is 2. The maximum absolute atomic E-state index is 6.04. The van der Waals surface area contributed by atoms with E-state index < -0.39 is 0 Å². The van der Waals surface area contributed by atoms with Gasteiger partial charge in [0.25, 0.3) is 0 Å². The first-order valence-electron chi connectivity index (χ1n) is 5.76. The van der Waals surface area contributed by atoms with E-state index in [0.29, 0.717) is 5.02 Å². The molecule has 0 spiro atoms. The van der Waals surface area contributed by atoms with Crippen LogP contribution in [0.1, 0.15) is 5.56 Å². The predicted octanol–water partition coefficient (Wildman–Crippen LogP) is 4.54. The molecule has 3 rings (SSSR count). The van der Waals surface area contributed by atoms with Gasteiger partial charge in [-0.1, -0.05) is 23.7 Å². The number of H-pyrrole nitrogens is 1. The molecule has 0 fully saturated rings. The molecule has 3 N–H and O–H groups in total. The van der Waals surface area contributed by atoms with Gasteiger partial charge >= 0.3 is 0 Å². The number of aromatic nitrogens is 2. The third-order valence-electron chi connectivity index (χ3n) is 3.14. The fourth-order valence-corrected chi connectivity index (χ4v) is 2.98. The lowest BCUT2D eigenvalue weighted by Crippen LogP contribution is -1.92. The number of nitrogens with one attached hydrogen (secondary N) is 1. The van der Waals surface area contributed by atoms with E-state index in [1.165, 1.54) is 0 Å². The molecule has 96 valence electrons. The van der Waals surface area contributed by atoms with E-state index in [1.54, 1.807) is 0 Å². The van der Waals surface area contributed by atoms with Gasteiger partial charge in [0.15, 0.2) is 0 Å². The summed E-state index contributed by atoms with van der Waals surface area (Å²) in [6.07, 6.45) is 0. The van der Waals surface area contributed by atoms with Gasteiger partial charge < -0.3 is 10.7 Å². The highest BCUT2D eigenvalue weighted by molar-refractivity contribution is 9.10. The Morgan fingerprint density at radius 1 is 1.32 bits per heavy atom. The number of fused-ring (bicyclic) bond motifs is 1. The van der Waals surface area contributed by atoms with Crippen LogP contribution in [0.5, 0.6) is 0 Å². The Morgan fingerprint density at radius 2 is 2.11 bits per heavy atom. The molecule has 0 bridgehead atoms. The number of nitrogens with two attached hydrogens (primary N) is 1. The van der Waals surface area contributed by atoms with Crippen LogP contribution in [0.25, 0.3) is 22.4 Å². The standard InChI is InChI=1S/C14H11BrClN3/c1-7-9(3-2-4-11(7)17)14-18-12-6-8(16)5-10(15)13(12)19-14/h2-6H,17H2,1H3,(H,18,19). The minimum atomic E-state index is 0.666. The number of halogens is 2. The van der Waals surface area contributed by atoms with E-state index in [0.717, 1.165) is 38.1 Å². The third kappa shape index (κ3) is 2.11. The number of hydrogen-bond acceptors (Lipinski definition) is 2. The third-order valence-corrected chi connectivity index (χ3v) is 3.96. The lowest BCUT2D eigenvalue weighted by atomic mass is 10.1. The van der Waals surface area contributed by atoms with E-state index in [4.69, 9.17) is 17.3 Å². The topological polar surface area (TPSA) is 54.7 Å². The summed E-state index contributed by atoms with van der Waals surface area (Å²) in [5.74, 6) is 0.794. The molecule has 19 heavy (non-hydrogen) atoms. The summed E-state index contributed by atoms with van der Waals surface area (Å²) in [7, 11) is 0. The van der Waals surface area contributed by atoms with Crippen molar-refractivity contribution in [1.82, 2.24) is 9.97 Å². The molecule has 0 radical (unpaired) electrons. The highest BCUT2D eigenvalue weighted by atomic mass is 79.9. The number of benzene rings is 2. The molecule has 1 aromatic heterocycles. The van der Waals surface area contributed by atoms with E-state index in [-0.39, 0.29) is 0 Å². The number of rotatable bonds is 1. The molecule has 0 aliphatic rings. The Kier molecular flexibility index (Phi) is 2.99. The molecular weight excluding hydrogens is 326 g/mol. The normalized spacial score (nSPS) is 11.1. The molecule has 0 aliphatic heterocycles. The zero-order valence-corrected chi connectivity index (χ0v) is 12.5.